The maximum absolute atomic E-state index is 12.9. The number of rotatable bonds is 6. The molecule has 0 saturated carbocycles. The van der Waals surface area contributed by atoms with Crippen LogP contribution in [0, 0.1) is 5.82 Å². The highest BCUT2D eigenvalue weighted by molar-refractivity contribution is 7.99. The Morgan fingerprint density at radius 2 is 2.25 bits per heavy atom. The predicted molar refractivity (Wildman–Crippen MR) is 67.7 cm³/mol. The van der Waals surface area contributed by atoms with Crippen molar-refractivity contribution in [3.8, 4) is 0 Å². The van der Waals surface area contributed by atoms with E-state index in [0.29, 0.717) is 16.3 Å². The van der Waals surface area contributed by atoms with E-state index in [1.54, 1.807) is 11.8 Å². The fraction of sp³-hybridized carbons (Fsp3) is 0.417. The van der Waals surface area contributed by atoms with Crippen LogP contribution in [0.3, 0.4) is 0 Å². The molecule has 0 saturated heterocycles. The highest BCUT2D eigenvalue weighted by atomic mass is 35.5. The van der Waals surface area contributed by atoms with Crippen LogP contribution in [0.2, 0.25) is 5.02 Å². The SMILES string of the molecule is CCCSCC(=O)Cc1cc(F)ccc1Cl. The molecule has 0 aromatic heterocycles. The average molecular weight is 261 g/mol. The van der Waals surface area contributed by atoms with Crippen molar-refractivity contribution in [2.45, 2.75) is 19.8 Å². The summed E-state index contributed by atoms with van der Waals surface area (Å²) in [5.41, 5.74) is 0.573. The summed E-state index contributed by atoms with van der Waals surface area (Å²) < 4.78 is 12.9. The minimum absolute atomic E-state index is 0.0888. The molecular weight excluding hydrogens is 247 g/mol. The fourth-order valence-electron chi connectivity index (χ4n) is 1.27. The lowest BCUT2D eigenvalue weighted by atomic mass is 10.1. The lowest BCUT2D eigenvalue weighted by Crippen LogP contribution is -2.06. The van der Waals surface area contributed by atoms with Crippen molar-refractivity contribution < 1.29 is 9.18 Å². The van der Waals surface area contributed by atoms with Gasteiger partial charge in [0.2, 0.25) is 0 Å². The number of thioether (sulfide) groups is 1. The third-order valence-electron chi connectivity index (χ3n) is 2.01. The first kappa shape index (κ1) is 13.5. The average Bonchev–Trinajstić information content (AvgIpc) is 2.24. The molecule has 0 spiro atoms. The van der Waals surface area contributed by atoms with Gasteiger partial charge in [-0.2, -0.15) is 11.8 Å². The van der Waals surface area contributed by atoms with Crippen LogP contribution in [0.15, 0.2) is 18.2 Å². The molecule has 0 aliphatic rings. The molecule has 88 valence electrons. The molecule has 16 heavy (non-hydrogen) atoms. The molecule has 0 heterocycles. The summed E-state index contributed by atoms with van der Waals surface area (Å²) in [4.78, 5) is 11.5. The first-order chi connectivity index (χ1) is 7.63. The minimum atomic E-state index is -0.353. The molecule has 0 aliphatic carbocycles. The number of hydrogen-bond acceptors (Lipinski definition) is 2. The summed E-state index contributed by atoms with van der Waals surface area (Å²) in [5.74, 6) is 1.18. The van der Waals surface area contributed by atoms with Crippen LogP contribution < -0.4 is 0 Å². The Morgan fingerprint density at radius 3 is 2.94 bits per heavy atom. The van der Waals surface area contributed by atoms with Crippen LogP contribution in [-0.4, -0.2) is 17.3 Å². The maximum atomic E-state index is 12.9. The Balaban J connectivity index is 2.52. The summed E-state index contributed by atoms with van der Waals surface area (Å²) in [6.45, 7) is 2.07. The normalized spacial score (nSPS) is 10.4. The van der Waals surface area contributed by atoms with Gasteiger partial charge < -0.3 is 0 Å². The molecule has 0 bridgehead atoms. The van der Waals surface area contributed by atoms with Gasteiger partial charge in [-0.05, 0) is 35.9 Å². The molecule has 0 amide bonds. The number of carbonyl (C=O) groups is 1. The largest absolute Gasteiger partial charge is 0.298 e. The molecule has 0 unspecified atom stereocenters. The number of benzene rings is 1. The summed E-state index contributed by atoms with van der Waals surface area (Å²) in [6, 6.07) is 4.10. The van der Waals surface area contributed by atoms with Crippen molar-refractivity contribution in [2.24, 2.45) is 0 Å². The molecule has 1 rings (SSSR count). The van der Waals surface area contributed by atoms with Crippen LogP contribution in [0.4, 0.5) is 4.39 Å². The number of hydrogen-bond donors (Lipinski definition) is 0. The van der Waals surface area contributed by atoms with Crippen LogP contribution in [-0.2, 0) is 11.2 Å². The van der Waals surface area contributed by atoms with Crippen LogP contribution in [0.1, 0.15) is 18.9 Å². The van der Waals surface area contributed by atoms with E-state index in [9.17, 15) is 9.18 Å². The zero-order valence-electron chi connectivity index (χ0n) is 9.13. The fourth-order valence-corrected chi connectivity index (χ4v) is 2.22. The maximum Gasteiger partial charge on any atom is 0.147 e. The molecule has 1 nitrogen and oxygen atoms in total. The van der Waals surface area contributed by atoms with Gasteiger partial charge in [-0.3, -0.25) is 4.79 Å². The van der Waals surface area contributed by atoms with Crippen LogP contribution in [0.25, 0.3) is 0 Å². The summed E-state index contributed by atoms with van der Waals surface area (Å²) in [5, 5.41) is 0.454. The van der Waals surface area contributed by atoms with Crippen molar-refractivity contribution in [1.29, 1.82) is 0 Å². The first-order valence-electron chi connectivity index (χ1n) is 5.17. The van der Waals surface area contributed by atoms with Crippen LogP contribution in [0.5, 0.6) is 0 Å². The lowest BCUT2D eigenvalue weighted by Gasteiger charge is -2.03. The third kappa shape index (κ3) is 4.54. The lowest BCUT2D eigenvalue weighted by molar-refractivity contribution is -0.116. The third-order valence-corrected chi connectivity index (χ3v) is 3.60. The molecule has 0 radical (unpaired) electrons. The van der Waals surface area contributed by atoms with Gasteiger partial charge in [0.25, 0.3) is 0 Å². The van der Waals surface area contributed by atoms with Crippen LogP contribution >= 0.6 is 23.4 Å². The summed E-state index contributed by atoms with van der Waals surface area (Å²) in [6.07, 6.45) is 1.27. The Bertz CT molecular complexity index is 368. The van der Waals surface area contributed by atoms with E-state index >= 15 is 0 Å². The van der Waals surface area contributed by atoms with Gasteiger partial charge in [0.05, 0.1) is 5.75 Å². The number of Topliss-reactive ketones (excluding diaryl/α,β-unsaturated/α-hetero) is 1. The zero-order valence-corrected chi connectivity index (χ0v) is 10.7. The number of halogens is 2. The molecule has 1 aromatic carbocycles. The second-order valence-electron chi connectivity index (χ2n) is 3.50. The topological polar surface area (TPSA) is 17.1 Å². The van der Waals surface area contributed by atoms with E-state index < -0.39 is 0 Å². The molecule has 0 aliphatic heterocycles. The monoisotopic (exact) mass is 260 g/mol. The van der Waals surface area contributed by atoms with Crippen molar-refractivity contribution in [2.75, 3.05) is 11.5 Å². The number of ketones is 1. The van der Waals surface area contributed by atoms with Gasteiger partial charge in [0, 0.05) is 11.4 Å². The molecule has 0 fully saturated rings. The van der Waals surface area contributed by atoms with E-state index in [4.69, 9.17) is 11.6 Å². The predicted octanol–water partition coefficient (Wildman–Crippen LogP) is 3.73. The van der Waals surface area contributed by atoms with Gasteiger partial charge in [-0.1, -0.05) is 18.5 Å². The molecular formula is C12H14ClFOS. The van der Waals surface area contributed by atoms with Gasteiger partial charge in [-0.15, -0.1) is 0 Å². The van der Waals surface area contributed by atoms with Gasteiger partial charge in [-0.25, -0.2) is 4.39 Å². The molecule has 0 atom stereocenters. The van der Waals surface area contributed by atoms with E-state index in [1.165, 1.54) is 18.2 Å². The van der Waals surface area contributed by atoms with Crippen molar-refractivity contribution in [3.05, 3.63) is 34.6 Å². The first-order valence-corrected chi connectivity index (χ1v) is 6.70. The Labute approximate surface area is 104 Å². The van der Waals surface area contributed by atoms with Gasteiger partial charge in [0.1, 0.15) is 11.6 Å². The smallest absolute Gasteiger partial charge is 0.147 e. The van der Waals surface area contributed by atoms with Gasteiger partial charge >= 0.3 is 0 Å². The molecule has 4 heteroatoms. The van der Waals surface area contributed by atoms with E-state index in [1.807, 2.05) is 0 Å². The standard InChI is InChI=1S/C12H14ClFOS/c1-2-5-16-8-11(15)7-9-6-10(14)3-4-12(9)13/h3-4,6H,2,5,7-8H2,1H3. The Morgan fingerprint density at radius 1 is 1.50 bits per heavy atom. The summed E-state index contributed by atoms with van der Waals surface area (Å²) >= 11 is 7.48. The Hall–Kier alpha value is -0.540. The van der Waals surface area contributed by atoms with E-state index in [2.05, 4.69) is 6.92 Å². The quantitative estimate of drug-likeness (QED) is 0.725. The highest BCUT2D eigenvalue weighted by Gasteiger charge is 2.08. The van der Waals surface area contributed by atoms with Gasteiger partial charge in [0.15, 0.2) is 0 Å². The highest BCUT2D eigenvalue weighted by Crippen LogP contribution is 2.18. The van der Waals surface area contributed by atoms with E-state index in [0.717, 1.165) is 12.2 Å². The van der Waals surface area contributed by atoms with Crippen molar-refractivity contribution in [1.82, 2.24) is 0 Å². The van der Waals surface area contributed by atoms with Crippen molar-refractivity contribution in [3.63, 3.8) is 0 Å². The minimum Gasteiger partial charge on any atom is -0.298 e. The zero-order chi connectivity index (χ0) is 12.0. The second kappa shape index (κ2) is 6.92. The van der Waals surface area contributed by atoms with Crippen molar-refractivity contribution >= 4 is 29.1 Å². The summed E-state index contributed by atoms with van der Waals surface area (Å²) in [7, 11) is 0. The Kier molecular flexibility index (Phi) is 5.85. The number of carbonyl (C=O) groups excluding carboxylic acids is 1. The molecule has 1 aromatic rings. The molecule has 0 N–H and O–H groups in total. The second-order valence-corrected chi connectivity index (χ2v) is 5.02. The van der Waals surface area contributed by atoms with E-state index in [-0.39, 0.29) is 18.0 Å².